The van der Waals surface area contributed by atoms with E-state index < -0.39 is 5.97 Å². The third kappa shape index (κ3) is 2.40. The zero-order valence-electron chi connectivity index (χ0n) is 9.32. The predicted octanol–water partition coefficient (Wildman–Crippen LogP) is 3.89. The molecule has 0 aliphatic rings. The number of hydrogen-bond donors (Lipinski definition) is 1. The highest BCUT2D eigenvalue weighted by atomic mass is 79.9. The zero-order chi connectivity index (χ0) is 12.6. The van der Waals surface area contributed by atoms with Gasteiger partial charge in [-0.05, 0) is 46.5 Å². The van der Waals surface area contributed by atoms with Crippen LogP contribution in [0.4, 0.5) is 0 Å². The number of carboxylic acid groups (broad SMARTS) is 1. The van der Waals surface area contributed by atoms with Crippen molar-refractivity contribution in [1.29, 1.82) is 0 Å². The molecule has 0 unspecified atom stereocenters. The van der Waals surface area contributed by atoms with E-state index in [-0.39, 0.29) is 5.69 Å². The Labute approximate surface area is 111 Å². The minimum Gasteiger partial charge on any atom is -0.476 e. The van der Waals surface area contributed by atoms with E-state index in [1.165, 1.54) is 16.9 Å². The Morgan fingerprint density at radius 2 is 2.06 bits per heavy atom. The number of benzene rings is 1. The molecule has 2 rings (SSSR count). The van der Waals surface area contributed by atoms with Gasteiger partial charge in [-0.25, -0.2) is 9.78 Å². The number of aromatic nitrogens is 1. The van der Waals surface area contributed by atoms with Gasteiger partial charge in [-0.15, -0.1) is 11.3 Å². The molecule has 0 saturated carbocycles. The number of nitrogens with zero attached hydrogens (tertiary/aromatic N) is 1. The predicted molar refractivity (Wildman–Crippen MR) is 71.7 cm³/mol. The second kappa shape index (κ2) is 4.58. The molecule has 0 fully saturated rings. The molecule has 2 aromatic rings. The summed E-state index contributed by atoms with van der Waals surface area (Å²) in [7, 11) is 0. The summed E-state index contributed by atoms with van der Waals surface area (Å²) in [6.45, 7) is 4.04. The molecule has 0 bridgehead atoms. The van der Waals surface area contributed by atoms with Crippen LogP contribution in [-0.4, -0.2) is 16.1 Å². The molecule has 5 heteroatoms. The van der Waals surface area contributed by atoms with Crippen LogP contribution in [0.5, 0.6) is 0 Å². The van der Waals surface area contributed by atoms with Crippen molar-refractivity contribution in [2.75, 3.05) is 0 Å². The number of thiazole rings is 1. The smallest absolute Gasteiger partial charge is 0.356 e. The van der Waals surface area contributed by atoms with Gasteiger partial charge in [0.15, 0.2) is 9.61 Å². The average molecular weight is 312 g/mol. The Morgan fingerprint density at radius 1 is 1.35 bits per heavy atom. The molecule has 88 valence electrons. The van der Waals surface area contributed by atoms with Gasteiger partial charge in [-0.1, -0.05) is 18.2 Å². The molecule has 1 heterocycles. The van der Waals surface area contributed by atoms with Crippen LogP contribution in [0.1, 0.15) is 21.6 Å². The zero-order valence-corrected chi connectivity index (χ0v) is 11.7. The van der Waals surface area contributed by atoms with Gasteiger partial charge in [0.05, 0.1) is 4.88 Å². The van der Waals surface area contributed by atoms with Gasteiger partial charge in [0, 0.05) is 0 Å². The summed E-state index contributed by atoms with van der Waals surface area (Å²) in [4.78, 5) is 15.7. The number of carbonyl (C=O) groups is 1. The molecule has 1 N–H and O–H groups in total. The molecule has 0 spiro atoms. The van der Waals surface area contributed by atoms with E-state index >= 15 is 0 Å². The van der Waals surface area contributed by atoms with Crippen LogP contribution < -0.4 is 0 Å². The van der Waals surface area contributed by atoms with Gasteiger partial charge in [0.1, 0.15) is 0 Å². The van der Waals surface area contributed by atoms with E-state index in [0.29, 0.717) is 8.79 Å². The quantitative estimate of drug-likeness (QED) is 0.915. The van der Waals surface area contributed by atoms with Gasteiger partial charge in [0.2, 0.25) is 0 Å². The maximum absolute atomic E-state index is 11.1. The minimum absolute atomic E-state index is 0.102. The van der Waals surface area contributed by atoms with Crippen molar-refractivity contribution in [3.63, 3.8) is 0 Å². The summed E-state index contributed by atoms with van der Waals surface area (Å²) in [5.41, 5.74) is 3.33. The summed E-state index contributed by atoms with van der Waals surface area (Å²) < 4.78 is 0.586. The fraction of sp³-hybridized carbons (Fsp3) is 0.167. The third-order valence-corrected chi connectivity index (χ3v) is 4.13. The first kappa shape index (κ1) is 12.3. The van der Waals surface area contributed by atoms with Gasteiger partial charge in [0.25, 0.3) is 0 Å². The van der Waals surface area contributed by atoms with E-state index in [9.17, 15) is 4.79 Å². The van der Waals surface area contributed by atoms with Gasteiger partial charge in [-0.2, -0.15) is 0 Å². The van der Waals surface area contributed by atoms with Crippen LogP contribution in [0.25, 0.3) is 10.4 Å². The highest BCUT2D eigenvalue weighted by molar-refractivity contribution is 9.11. The lowest BCUT2D eigenvalue weighted by Crippen LogP contribution is -1.98. The first-order valence-electron chi connectivity index (χ1n) is 4.96. The number of aryl methyl sites for hydroxylation is 2. The lowest BCUT2D eigenvalue weighted by atomic mass is 10.0. The summed E-state index contributed by atoms with van der Waals surface area (Å²) in [5.74, 6) is -1.000. The molecule has 3 nitrogen and oxygen atoms in total. The van der Waals surface area contributed by atoms with E-state index in [1.807, 2.05) is 32.0 Å². The Bertz CT molecular complexity index is 592. The number of hydrogen-bond acceptors (Lipinski definition) is 3. The van der Waals surface area contributed by atoms with Crippen molar-refractivity contribution in [2.24, 2.45) is 0 Å². The molecule has 0 aliphatic carbocycles. The van der Waals surface area contributed by atoms with Gasteiger partial charge >= 0.3 is 5.97 Å². The van der Waals surface area contributed by atoms with E-state index in [2.05, 4.69) is 20.9 Å². The first-order valence-corrected chi connectivity index (χ1v) is 6.57. The van der Waals surface area contributed by atoms with Crippen LogP contribution in [0.2, 0.25) is 0 Å². The van der Waals surface area contributed by atoms with Gasteiger partial charge < -0.3 is 5.11 Å². The molecule has 1 aromatic heterocycles. The summed E-state index contributed by atoms with van der Waals surface area (Å²) in [6, 6.07) is 5.90. The number of carboxylic acids is 1. The van der Waals surface area contributed by atoms with Crippen molar-refractivity contribution in [2.45, 2.75) is 13.8 Å². The maximum atomic E-state index is 11.1. The van der Waals surface area contributed by atoms with Crippen LogP contribution in [0.3, 0.4) is 0 Å². The molecular formula is C12H10BrNO2S. The fourth-order valence-electron chi connectivity index (χ4n) is 1.52. The second-order valence-electron chi connectivity index (χ2n) is 3.75. The largest absolute Gasteiger partial charge is 0.476 e. The number of aromatic carboxylic acids is 1. The minimum atomic E-state index is -1.000. The molecule has 0 radical (unpaired) electrons. The summed E-state index contributed by atoms with van der Waals surface area (Å²) in [6.07, 6.45) is 0. The normalized spacial score (nSPS) is 10.5. The summed E-state index contributed by atoms with van der Waals surface area (Å²) in [5, 5.41) is 9.09. The van der Waals surface area contributed by atoms with Crippen LogP contribution in [0, 0.1) is 13.8 Å². The average Bonchev–Trinajstić information content (AvgIpc) is 2.64. The van der Waals surface area contributed by atoms with Crippen molar-refractivity contribution in [1.82, 2.24) is 4.98 Å². The maximum Gasteiger partial charge on any atom is 0.356 e. The highest BCUT2D eigenvalue weighted by Crippen LogP contribution is 2.33. The Kier molecular flexibility index (Phi) is 3.31. The molecule has 0 aliphatic heterocycles. The topological polar surface area (TPSA) is 50.2 Å². The lowest BCUT2D eigenvalue weighted by Gasteiger charge is -2.03. The van der Waals surface area contributed by atoms with Crippen LogP contribution in [0.15, 0.2) is 22.1 Å². The molecule has 0 atom stereocenters. The van der Waals surface area contributed by atoms with E-state index in [4.69, 9.17) is 5.11 Å². The first-order chi connectivity index (χ1) is 7.99. The van der Waals surface area contributed by atoms with Crippen LogP contribution in [-0.2, 0) is 0 Å². The highest BCUT2D eigenvalue weighted by Gasteiger charge is 2.18. The summed E-state index contributed by atoms with van der Waals surface area (Å²) >= 11 is 4.56. The third-order valence-electron chi connectivity index (χ3n) is 2.57. The van der Waals surface area contributed by atoms with Crippen molar-refractivity contribution < 1.29 is 9.90 Å². The monoisotopic (exact) mass is 311 g/mol. The van der Waals surface area contributed by atoms with Crippen molar-refractivity contribution in [3.8, 4) is 10.4 Å². The fourth-order valence-corrected chi connectivity index (χ4v) is 2.96. The molecule has 0 amide bonds. The Hall–Kier alpha value is -1.20. The standard InChI is InChI=1S/C12H10BrNO2S/c1-6-3-4-8(5-7(6)2)10-9(11(15)16)14-12(13)17-10/h3-5H,1-2H3,(H,15,16). The van der Waals surface area contributed by atoms with Crippen LogP contribution >= 0.6 is 27.3 Å². The molecular weight excluding hydrogens is 302 g/mol. The number of halogens is 1. The second-order valence-corrected chi connectivity index (χ2v) is 6.02. The molecule has 0 saturated heterocycles. The lowest BCUT2D eigenvalue weighted by molar-refractivity contribution is 0.0692. The Morgan fingerprint density at radius 3 is 2.65 bits per heavy atom. The van der Waals surface area contributed by atoms with E-state index in [1.54, 1.807) is 0 Å². The van der Waals surface area contributed by atoms with E-state index in [0.717, 1.165) is 11.1 Å². The van der Waals surface area contributed by atoms with Crippen molar-refractivity contribution in [3.05, 3.63) is 38.9 Å². The van der Waals surface area contributed by atoms with Crippen molar-refractivity contribution >= 4 is 33.2 Å². The molecule has 17 heavy (non-hydrogen) atoms. The molecule has 1 aromatic carbocycles. The number of rotatable bonds is 2. The Balaban J connectivity index is 2.59. The SMILES string of the molecule is Cc1ccc(-c2sc(Br)nc2C(=O)O)cc1C. The van der Waals surface area contributed by atoms with Gasteiger partial charge in [-0.3, -0.25) is 0 Å².